The predicted octanol–water partition coefficient (Wildman–Crippen LogP) is 4.48. The van der Waals surface area contributed by atoms with Gasteiger partial charge in [-0.05, 0) is 42.2 Å². The number of hydrogen-bond acceptors (Lipinski definition) is 4. The SMILES string of the molecule is Cc1cc(N/N=C2/C=C(Cl)C=CC2=N)c(O)c(C(C)(C)C)c1. The first-order valence-corrected chi connectivity index (χ1v) is 7.38. The average molecular weight is 318 g/mol. The van der Waals surface area contributed by atoms with Gasteiger partial charge >= 0.3 is 0 Å². The van der Waals surface area contributed by atoms with Crippen LogP contribution in [-0.2, 0) is 5.41 Å². The lowest BCUT2D eigenvalue weighted by Gasteiger charge is -2.22. The van der Waals surface area contributed by atoms with Crippen LogP contribution in [-0.4, -0.2) is 16.5 Å². The average Bonchev–Trinajstić information content (AvgIpc) is 2.41. The highest BCUT2D eigenvalue weighted by Crippen LogP contribution is 2.37. The second-order valence-corrected chi connectivity index (χ2v) is 6.78. The van der Waals surface area contributed by atoms with Crippen LogP contribution in [0, 0.1) is 12.3 Å². The van der Waals surface area contributed by atoms with Crippen LogP contribution in [0.4, 0.5) is 5.69 Å². The van der Waals surface area contributed by atoms with E-state index >= 15 is 0 Å². The Morgan fingerprint density at radius 1 is 1.23 bits per heavy atom. The Balaban J connectivity index is 2.37. The molecule has 4 nitrogen and oxygen atoms in total. The maximum absolute atomic E-state index is 10.5. The van der Waals surface area contributed by atoms with E-state index in [1.807, 2.05) is 39.8 Å². The molecule has 0 unspecified atom stereocenters. The molecular formula is C17H20ClN3O. The van der Waals surface area contributed by atoms with E-state index in [9.17, 15) is 5.11 Å². The van der Waals surface area contributed by atoms with Crippen molar-refractivity contribution in [3.8, 4) is 5.75 Å². The fraction of sp³-hybridized carbons (Fsp3) is 0.294. The van der Waals surface area contributed by atoms with E-state index in [1.54, 1.807) is 18.2 Å². The summed E-state index contributed by atoms with van der Waals surface area (Å²) in [5.41, 5.74) is 5.75. The van der Waals surface area contributed by atoms with Gasteiger partial charge in [0.05, 0.1) is 11.4 Å². The summed E-state index contributed by atoms with van der Waals surface area (Å²) in [5.74, 6) is 0.176. The van der Waals surface area contributed by atoms with Crippen molar-refractivity contribution in [3.63, 3.8) is 0 Å². The van der Waals surface area contributed by atoms with Crippen molar-refractivity contribution in [2.45, 2.75) is 33.1 Å². The molecule has 3 N–H and O–H groups in total. The number of nitrogens with one attached hydrogen (secondary N) is 2. The molecule has 1 aromatic rings. The number of aromatic hydroxyl groups is 1. The van der Waals surface area contributed by atoms with Gasteiger partial charge in [-0.15, -0.1) is 0 Å². The van der Waals surface area contributed by atoms with E-state index in [0.717, 1.165) is 11.1 Å². The highest BCUT2D eigenvalue weighted by Gasteiger charge is 2.21. The lowest BCUT2D eigenvalue weighted by molar-refractivity contribution is 0.448. The summed E-state index contributed by atoms with van der Waals surface area (Å²) < 4.78 is 0. The van der Waals surface area contributed by atoms with Gasteiger partial charge in [-0.3, -0.25) is 10.8 Å². The minimum atomic E-state index is -0.177. The van der Waals surface area contributed by atoms with Crippen LogP contribution in [0.25, 0.3) is 0 Å². The van der Waals surface area contributed by atoms with Crippen molar-refractivity contribution in [1.29, 1.82) is 5.41 Å². The number of rotatable bonds is 2. The molecule has 5 heteroatoms. The Morgan fingerprint density at radius 3 is 2.55 bits per heavy atom. The minimum absolute atomic E-state index is 0.176. The number of phenolic OH excluding ortho intramolecular Hbond substituents is 1. The van der Waals surface area contributed by atoms with Crippen molar-refractivity contribution in [1.82, 2.24) is 0 Å². The summed E-state index contributed by atoms with van der Waals surface area (Å²) in [5, 5.41) is 23.0. The van der Waals surface area contributed by atoms with Gasteiger partial charge in [0.15, 0.2) is 0 Å². The van der Waals surface area contributed by atoms with Crippen molar-refractivity contribution in [3.05, 3.63) is 46.5 Å². The van der Waals surface area contributed by atoms with E-state index in [0.29, 0.717) is 16.4 Å². The van der Waals surface area contributed by atoms with E-state index in [4.69, 9.17) is 17.0 Å². The molecule has 0 aliphatic heterocycles. The van der Waals surface area contributed by atoms with Crippen LogP contribution in [0.15, 0.2) is 40.5 Å². The number of benzene rings is 1. The lowest BCUT2D eigenvalue weighted by Crippen LogP contribution is -2.14. The molecule has 1 aliphatic carbocycles. The zero-order valence-electron chi connectivity index (χ0n) is 13.2. The summed E-state index contributed by atoms with van der Waals surface area (Å²) in [6.45, 7) is 8.10. The highest BCUT2D eigenvalue weighted by atomic mass is 35.5. The van der Waals surface area contributed by atoms with Gasteiger partial charge in [-0.25, -0.2) is 0 Å². The third kappa shape index (κ3) is 3.57. The molecule has 0 radical (unpaired) electrons. The number of allylic oxidation sites excluding steroid dienone is 4. The molecule has 0 amide bonds. The number of hydrogen-bond donors (Lipinski definition) is 3. The quantitative estimate of drug-likeness (QED) is 0.427. The topological polar surface area (TPSA) is 68.5 Å². The van der Waals surface area contributed by atoms with Gasteiger partial charge in [0.2, 0.25) is 0 Å². The number of aryl methyl sites for hydroxylation is 1. The Kier molecular flexibility index (Phi) is 4.42. The van der Waals surface area contributed by atoms with Gasteiger partial charge in [0.25, 0.3) is 0 Å². The second-order valence-electron chi connectivity index (χ2n) is 6.34. The van der Waals surface area contributed by atoms with Crippen LogP contribution in [0.3, 0.4) is 0 Å². The predicted molar refractivity (Wildman–Crippen MR) is 93.4 cm³/mol. The summed E-state index contributed by atoms with van der Waals surface area (Å²) in [4.78, 5) is 0. The van der Waals surface area contributed by atoms with E-state index in [-0.39, 0.29) is 16.9 Å². The van der Waals surface area contributed by atoms with Gasteiger partial charge in [0.1, 0.15) is 11.5 Å². The van der Waals surface area contributed by atoms with Crippen molar-refractivity contribution >= 4 is 28.7 Å². The van der Waals surface area contributed by atoms with Gasteiger partial charge in [0, 0.05) is 10.6 Å². The smallest absolute Gasteiger partial charge is 0.144 e. The van der Waals surface area contributed by atoms with E-state index in [2.05, 4.69) is 10.5 Å². The third-order valence-corrected chi connectivity index (χ3v) is 3.55. The number of halogens is 1. The normalized spacial score (nSPS) is 16.9. The Bertz CT molecular complexity index is 709. The number of hydrazone groups is 1. The fourth-order valence-electron chi connectivity index (χ4n) is 2.15. The summed E-state index contributed by atoms with van der Waals surface area (Å²) in [7, 11) is 0. The molecular weight excluding hydrogens is 298 g/mol. The standard InChI is InChI=1S/C17H20ClN3O/c1-10-7-12(17(2,3)4)16(22)15(8-10)21-20-14-9-11(18)5-6-13(14)19/h5-9,19,21-22H,1-4H3/b19-13?,20-14-. The Hall–Kier alpha value is -2.07. The first-order chi connectivity index (χ1) is 10.2. The molecule has 1 aromatic carbocycles. The maximum atomic E-state index is 10.5. The van der Waals surface area contributed by atoms with Crippen LogP contribution >= 0.6 is 11.6 Å². The first-order valence-electron chi connectivity index (χ1n) is 7.00. The van der Waals surface area contributed by atoms with E-state index < -0.39 is 0 Å². The van der Waals surface area contributed by atoms with Gasteiger partial charge in [-0.1, -0.05) is 38.4 Å². The molecule has 0 bridgehead atoms. The monoisotopic (exact) mass is 317 g/mol. The molecule has 0 saturated carbocycles. The molecule has 0 aromatic heterocycles. The highest BCUT2D eigenvalue weighted by molar-refractivity contribution is 6.52. The Labute approximate surface area is 135 Å². The fourth-order valence-corrected chi connectivity index (χ4v) is 2.32. The second kappa shape index (κ2) is 5.97. The molecule has 0 fully saturated rings. The van der Waals surface area contributed by atoms with Crippen LogP contribution in [0.2, 0.25) is 0 Å². The first kappa shape index (κ1) is 16.3. The van der Waals surface area contributed by atoms with Crippen molar-refractivity contribution < 1.29 is 5.11 Å². The summed E-state index contributed by atoms with van der Waals surface area (Å²) in [6, 6.07) is 3.79. The third-order valence-electron chi connectivity index (χ3n) is 3.32. The molecule has 2 rings (SSSR count). The lowest BCUT2D eigenvalue weighted by atomic mass is 9.85. The zero-order valence-corrected chi connectivity index (χ0v) is 13.9. The van der Waals surface area contributed by atoms with Crippen LogP contribution in [0.5, 0.6) is 5.75 Å². The zero-order chi connectivity index (χ0) is 16.5. The van der Waals surface area contributed by atoms with Gasteiger partial charge in [-0.2, -0.15) is 5.10 Å². The molecule has 116 valence electrons. The van der Waals surface area contributed by atoms with Crippen molar-refractivity contribution in [2.24, 2.45) is 5.10 Å². The molecule has 22 heavy (non-hydrogen) atoms. The molecule has 0 heterocycles. The summed E-state index contributed by atoms with van der Waals surface area (Å²) in [6.07, 6.45) is 4.83. The molecule has 0 saturated heterocycles. The van der Waals surface area contributed by atoms with E-state index in [1.165, 1.54) is 0 Å². The summed E-state index contributed by atoms with van der Waals surface area (Å²) >= 11 is 5.92. The molecule has 0 spiro atoms. The van der Waals surface area contributed by atoms with Gasteiger partial charge < -0.3 is 5.11 Å². The number of anilines is 1. The number of nitrogens with zero attached hydrogens (tertiary/aromatic N) is 1. The van der Waals surface area contributed by atoms with Crippen molar-refractivity contribution in [2.75, 3.05) is 5.43 Å². The van der Waals surface area contributed by atoms with Crippen LogP contribution < -0.4 is 5.43 Å². The Morgan fingerprint density at radius 2 is 1.91 bits per heavy atom. The maximum Gasteiger partial charge on any atom is 0.144 e. The largest absolute Gasteiger partial charge is 0.505 e. The molecule has 0 atom stereocenters. The minimum Gasteiger partial charge on any atom is -0.505 e. The number of phenols is 1. The molecule has 1 aliphatic rings. The van der Waals surface area contributed by atoms with Crippen LogP contribution in [0.1, 0.15) is 31.9 Å².